The highest BCUT2D eigenvalue weighted by atomic mass is 16.7. The molecule has 1 atom stereocenters. The van der Waals surface area contributed by atoms with Gasteiger partial charge in [0, 0.05) is 12.6 Å². The average molecular weight is 239 g/mol. The molecule has 0 amide bonds. The van der Waals surface area contributed by atoms with Crippen molar-refractivity contribution in [2.75, 3.05) is 20.5 Å². The lowest BCUT2D eigenvalue weighted by Gasteiger charge is -2.14. The topological polar surface area (TPSA) is 53.7 Å². The van der Waals surface area contributed by atoms with Crippen molar-refractivity contribution in [2.45, 2.75) is 26.3 Å². The van der Waals surface area contributed by atoms with E-state index in [9.17, 15) is 0 Å². The maximum Gasteiger partial charge on any atom is 0.189 e. The lowest BCUT2D eigenvalue weighted by atomic mass is 10.1. The lowest BCUT2D eigenvalue weighted by molar-refractivity contribution is 0.0218. The Balaban J connectivity index is 2.78. The van der Waals surface area contributed by atoms with Crippen LogP contribution < -0.4 is 15.2 Å². The first-order valence-corrected chi connectivity index (χ1v) is 5.80. The number of benzene rings is 1. The van der Waals surface area contributed by atoms with E-state index in [2.05, 4.69) is 0 Å². The van der Waals surface area contributed by atoms with Gasteiger partial charge in [-0.05, 0) is 44.0 Å². The predicted octanol–water partition coefficient (Wildman–Crippen LogP) is 1.96. The standard InChI is InChI=1S/C13H21NO3/c1-4-16-9-17-13-6-5-12(15-3)8-11(13)7-10(2)14/h5-6,8,10H,4,7,9,14H2,1-3H3. The summed E-state index contributed by atoms with van der Waals surface area (Å²) in [6, 6.07) is 5.78. The second-order valence-corrected chi connectivity index (χ2v) is 3.91. The van der Waals surface area contributed by atoms with Crippen molar-refractivity contribution in [3.8, 4) is 11.5 Å². The number of hydrogen-bond donors (Lipinski definition) is 1. The summed E-state index contributed by atoms with van der Waals surface area (Å²) in [5.74, 6) is 1.61. The Labute approximate surface area is 103 Å². The zero-order chi connectivity index (χ0) is 12.7. The molecule has 1 rings (SSSR count). The van der Waals surface area contributed by atoms with E-state index in [4.69, 9.17) is 19.9 Å². The van der Waals surface area contributed by atoms with Gasteiger partial charge < -0.3 is 19.9 Å². The Morgan fingerprint density at radius 1 is 1.35 bits per heavy atom. The summed E-state index contributed by atoms with van der Waals surface area (Å²) in [6.07, 6.45) is 0.749. The maximum atomic E-state index is 5.81. The molecule has 1 aromatic carbocycles. The zero-order valence-corrected chi connectivity index (χ0v) is 10.7. The van der Waals surface area contributed by atoms with Crippen molar-refractivity contribution in [2.24, 2.45) is 5.73 Å². The van der Waals surface area contributed by atoms with E-state index in [0.717, 1.165) is 23.5 Å². The molecule has 0 bridgehead atoms. The quantitative estimate of drug-likeness (QED) is 0.583. The van der Waals surface area contributed by atoms with Crippen molar-refractivity contribution in [1.82, 2.24) is 0 Å². The molecule has 0 saturated carbocycles. The van der Waals surface area contributed by atoms with Gasteiger partial charge in [-0.1, -0.05) is 0 Å². The molecule has 0 aliphatic rings. The maximum absolute atomic E-state index is 5.81. The molecule has 0 heterocycles. The Bertz CT molecular complexity index is 339. The molecule has 1 unspecified atom stereocenters. The normalized spacial score (nSPS) is 12.2. The Morgan fingerprint density at radius 2 is 2.12 bits per heavy atom. The molecular formula is C13H21NO3. The van der Waals surface area contributed by atoms with Gasteiger partial charge in [0.05, 0.1) is 7.11 Å². The molecular weight excluding hydrogens is 218 g/mol. The van der Waals surface area contributed by atoms with Crippen molar-refractivity contribution in [3.05, 3.63) is 23.8 Å². The summed E-state index contributed by atoms with van der Waals surface area (Å²) in [7, 11) is 1.64. The molecule has 4 heteroatoms. The molecule has 0 radical (unpaired) electrons. The molecule has 96 valence electrons. The van der Waals surface area contributed by atoms with E-state index in [0.29, 0.717) is 6.61 Å². The van der Waals surface area contributed by atoms with Crippen molar-refractivity contribution >= 4 is 0 Å². The molecule has 0 spiro atoms. The smallest absolute Gasteiger partial charge is 0.189 e. The molecule has 4 nitrogen and oxygen atoms in total. The summed E-state index contributed by atoms with van der Waals surface area (Å²) in [6.45, 7) is 4.79. The minimum absolute atomic E-state index is 0.0801. The summed E-state index contributed by atoms with van der Waals surface area (Å²) in [5, 5.41) is 0. The number of nitrogens with two attached hydrogens (primary N) is 1. The van der Waals surface area contributed by atoms with Crippen LogP contribution in [0.4, 0.5) is 0 Å². The summed E-state index contributed by atoms with van der Waals surface area (Å²) in [4.78, 5) is 0. The van der Waals surface area contributed by atoms with Gasteiger partial charge >= 0.3 is 0 Å². The van der Waals surface area contributed by atoms with Crippen LogP contribution in [0.15, 0.2) is 18.2 Å². The van der Waals surface area contributed by atoms with Gasteiger partial charge in [-0.2, -0.15) is 0 Å². The minimum Gasteiger partial charge on any atom is -0.497 e. The summed E-state index contributed by atoms with van der Waals surface area (Å²) >= 11 is 0. The third-order valence-electron chi connectivity index (χ3n) is 2.31. The van der Waals surface area contributed by atoms with Gasteiger partial charge in [-0.25, -0.2) is 0 Å². The van der Waals surface area contributed by atoms with Crippen LogP contribution >= 0.6 is 0 Å². The lowest BCUT2D eigenvalue weighted by Crippen LogP contribution is -2.18. The average Bonchev–Trinajstić information content (AvgIpc) is 2.30. The molecule has 1 aromatic rings. The van der Waals surface area contributed by atoms with Crippen LogP contribution in [0.25, 0.3) is 0 Å². The largest absolute Gasteiger partial charge is 0.497 e. The van der Waals surface area contributed by atoms with Crippen LogP contribution in [0, 0.1) is 0 Å². The summed E-state index contributed by atoms with van der Waals surface area (Å²) in [5.41, 5.74) is 6.85. The molecule has 0 aliphatic heterocycles. The van der Waals surface area contributed by atoms with Crippen LogP contribution in [0.2, 0.25) is 0 Å². The van der Waals surface area contributed by atoms with Crippen molar-refractivity contribution in [3.63, 3.8) is 0 Å². The highest BCUT2D eigenvalue weighted by Gasteiger charge is 2.08. The van der Waals surface area contributed by atoms with E-state index in [1.807, 2.05) is 32.0 Å². The molecule has 17 heavy (non-hydrogen) atoms. The predicted molar refractivity (Wildman–Crippen MR) is 67.5 cm³/mol. The number of ether oxygens (including phenoxy) is 3. The molecule has 2 N–H and O–H groups in total. The van der Waals surface area contributed by atoms with Crippen molar-refractivity contribution < 1.29 is 14.2 Å². The van der Waals surface area contributed by atoms with Gasteiger partial charge in [-0.3, -0.25) is 0 Å². The fraction of sp³-hybridized carbons (Fsp3) is 0.538. The third kappa shape index (κ3) is 4.63. The molecule has 0 fully saturated rings. The number of methoxy groups -OCH3 is 1. The fourth-order valence-electron chi connectivity index (χ4n) is 1.52. The first-order valence-electron chi connectivity index (χ1n) is 5.80. The van der Waals surface area contributed by atoms with E-state index < -0.39 is 0 Å². The highest BCUT2D eigenvalue weighted by molar-refractivity contribution is 5.40. The van der Waals surface area contributed by atoms with Gasteiger partial charge in [0.25, 0.3) is 0 Å². The number of rotatable bonds is 7. The molecule has 0 aliphatic carbocycles. The van der Waals surface area contributed by atoms with Crippen LogP contribution in [0.5, 0.6) is 11.5 Å². The van der Waals surface area contributed by atoms with Crippen LogP contribution in [-0.2, 0) is 11.2 Å². The van der Waals surface area contributed by atoms with Crippen LogP contribution in [-0.4, -0.2) is 26.6 Å². The highest BCUT2D eigenvalue weighted by Crippen LogP contribution is 2.25. The Kier molecular flexibility index (Phi) is 5.80. The first kappa shape index (κ1) is 13.8. The van der Waals surface area contributed by atoms with E-state index in [1.165, 1.54) is 0 Å². The SMILES string of the molecule is CCOCOc1ccc(OC)cc1CC(C)N. The minimum atomic E-state index is 0.0801. The molecule has 0 saturated heterocycles. The second kappa shape index (κ2) is 7.14. The van der Waals surface area contributed by atoms with Gasteiger partial charge in [0.1, 0.15) is 11.5 Å². The number of hydrogen-bond acceptors (Lipinski definition) is 4. The van der Waals surface area contributed by atoms with E-state index in [1.54, 1.807) is 7.11 Å². The summed E-state index contributed by atoms with van der Waals surface area (Å²) < 4.78 is 15.9. The zero-order valence-electron chi connectivity index (χ0n) is 10.7. The van der Waals surface area contributed by atoms with Crippen LogP contribution in [0.1, 0.15) is 19.4 Å². The fourth-order valence-corrected chi connectivity index (χ4v) is 1.52. The van der Waals surface area contributed by atoms with Gasteiger partial charge in [0.15, 0.2) is 6.79 Å². The van der Waals surface area contributed by atoms with Gasteiger partial charge in [0.2, 0.25) is 0 Å². The molecule has 0 aromatic heterocycles. The second-order valence-electron chi connectivity index (χ2n) is 3.91. The Hall–Kier alpha value is -1.26. The first-order chi connectivity index (χ1) is 8.17. The Morgan fingerprint density at radius 3 is 2.71 bits per heavy atom. The van der Waals surface area contributed by atoms with E-state index >= 15 is 0 Å². The van der Waals surface area contributed by atoms with E-state index in [-0.39, 0.29) is 12.8 Å². The third-order valence-corrected chi connectivity index (χ3v) is 2.31. The van der Waals surface area contributed by atoms with Crippen molar-refractivity contribution in [1.29, 1.82) is 0 Å². The monoisotopic (exact) mass is 239 g/mol. The van der Waals surface area contributed by atoms with Gasteiger partial charge in [-0.15, -0.1) is 0 Å². The van der Waals surface area contributed by atoms with Crippen LogP contribution in [0.3, 0.4) is 0 Å².